The minimum atomic E-state index is -0.683. The van der Waals surface area contributed by atoms with E-state index >= 15 is 0 Å². The number of hydrogen-bond acceptors (Lipinski definition) is 5. The lowest BCUT2D eigenvalue weighted by molar-refractivity contribution is -0.143. The Hall–Kier alpha value is -1.66. The lowest BCUT2D eigenvalue weighted by Gasteiger charge is -2.22. The first kappa shape index (κ1) is 61.3. The van der Waals surface area contributed by atoms with Gasteiger partial charge in [-0.15, -0.1) is 0 Å². The van der Waals surface area contributed by atoms with E-state index in [4.69, 9.17) is 4.74 Å². The Morgan fingerprint density at radius 2 is 0.746 bits per heavy atom. The first-order valence-electron chi connectivity index (χ1n) is 28.1. The fourth-order valence-corrected chi connectivity index (χ4v) is 8.63. The van der Waals surface area contributed by atoms with Crippen molar-refractivity contribution >= 4 is 11.9 Å². The average Bonchev–Trinajstić information content (AvgIpc) is 3.28. The summed E-state index contributed by atoms with van der Waals surface area (Å²) in [6, 6.07) is -0.563. The molecule has 6 nitrogen and oxygen atoms in total. The van der Waals surface area contributed by atoms with Crippen LogP contribution in [0.3, 0.4) is 0 Å². The van der Waals surface area contributed by atoms with E-state index in [-0.39, 0.29) is 18.5 Å². The van der Waals surface area contributed by atoms with Gasteiger partial charge in [-0.2, -0.15) is 0 Å². The Morgan fingerprint density at radius 3 is 1.13 bits per heavy atom. The second kappa shape index (κ2) is 53.0. The Morgan fingerprint density at radius 1 is 0.429 bits per heavy atom. The van der Waals surface area contributed by atoms with Gasteiger partial charge in [-0.1, -0.05) is 237 Å². The normalized spacial score (nSPS) is 12.8. The summed E-state index contributed by atoms with van der Waals surface area (Å²) in [5, 5.41) is 23.3. The van der Waals surface area contributed by atoms with Crippen LogP contribution in [0.25, 0.3) is 0 Å². The number of carbonyl (C=O) groups excluding carboxylic acids is 2. The highest BCUT2D eigenvalue weighted by Crippen LogP contribution is 2.17. The number of rotatable bonds is 52. The van der Waals surface area contributed by atoms with E-state index in [0.29, 0.717) is 25.9 Å². The van der Waals surface area contributed by atoms with E-state index in [1.807, 2.05) is 0 Å². The molecule has 0 saturated heterocycles. The van der Waals surface area contributed by atoms with Crippen LogP contribution in [0, 0.1) is 0 Å². The molecule has 6 heteroatoms. The van der Waals surface area contributed by atoms with Gasteiger partial charge in [0.05, 0.1) is 25.4 Å². The number of hydrogen-bond donors (Lipinski definition) is 3. The molecule has 2 unspecified atom stereocenters. The first-order valence-corrected chi connectivity index (χ1v) is 28.1. The van der Waals surface area contributed by atoms with Gasteiger partial charge in [0.2, 0.25) is 5.91 Å². The van der Waals surface area contributed by atoms with Crippen molar-refractivity contribution in [3.63, 3.8) is 0 Å². The van der Waals surface area contributed by atoms with Gasteiger partial charge in [0.1, 0.15) is 0 Å². The third-order valence-corrected chi connectivity index (χ3v) is 13.0. The number of unbranched alkanes of at least 4 members (excludes halogenated alkanes) is 37. The molecule has 0 aromatic rings. The highest BCUT2D eigenvalue weighted by atomic mass is 16.5. The molecule has 3 N–H and O–H groups in total. The van der Waals surface area contributed by atoms with Crippen molar-refractivity contribution in [1.29, 1.82) is 0 Å². The van der Waals surface area contributed by atoms with Crippen LogP contribution in [0.2, 0.25) is 0 Å². The molecule has 0 spiro atoms. The lowest BCUT2D eigenvalue weighted by Crippen LogP contribution is -2.45. The van der Waals surface area contributed by atoms with Crippen LogP contribution in [0.15, 0.2) is 24.3 Å². The van der Waals surface area contributed by atoms with Crippen LogP contribution in [0.5, 0.6) is 0 Å². The highest BCUT2D eigenvalue weighted by Gasteiger charge is 2.20. The van der Waals surface area contributed by atoms with Crippen LogP contribution in [-0.2, 0) is 14.3 Å². The molecule has 0 aromatic heterocycles. The van der Waals surface area contributed by atoms with Gasteiger partial charge in [-0.3, -0.25) is 9.59 Å². The van der Waals surface area contributed by atoms with Crippen molar-refractivity contribution in [2.24, 2.45) is 0 Å². The number of carbonyl (C=O) groups is 2. The molecule has 0 aliphatic rings. The number of amides is 1. The van der Waals surface area contributed by atoms with E-state index in [1.54, 1.807) is 0 Å². The standard InChI is InChI=1S/C57H109NO5/c1-3-5-7-9-11-13-15-17-19-20-21-22-23-24-25-26-29-33-37-41-45-49-55(60)54(53-59)58-56(61)50-46-42-38-34-30-28-32-36-40-44-48-52-63-57(62)51-47-43-39-35-31-27-18-16-14-12-10-8-6-4-2/h16,18,32,36,54-55,59-60H,3-15,17,19-31,33-35,37-53H2,1-2H3,(H,58,61)/b18-16-,36-32-. The fourth-order valence-electron chi connectivity index (χ4n) is 8.63. The summed E-state index contributed by atoms with van der Waals surface area (Å²) in [5.74, 6) is -0.101. The zero-order valence-electron chi connectivity index (χ0n) is 42.3. The smallest absolute Gasteiger partial charge is 0.305 e. The molecule has 0 radical (unpaired) electrons. The van der Waals surface area contributed by atoms with E-state index in [2.05, 4.69) is 43.5 Å². The SMILES string of the molecule is CCCCCCC/C=C\CCCCCCCC(=O)OCCCC/C=C\CCCCCCCC(=O)NC(CO)C(O)CCCCCCCCCCCCCCCCCCCCCCC. The van der Waals surface area contributed by atoms with Crippen molar-refractivity contribution in [2.45, 2.75) is 315 Å². The molecule has 1 amide bonds. The first-order chi connectivity index (χ1) is 31.0. The molecule has 0 heterocycles. The van der Waals surface area contributed by atoms with Crippen LogP contribution >= 0.6 is 0 Å². The molecule has 0 bridgehead atoms. The number of aliphatic hydroxyl groups is 2. The topological polar surface area (TPSA) is 95.9 Å². The highest BCUT2D eigenvalue weighted by molar-refractivity contribution is 5.76. The van der Waals surface area contributed by atoms with Crippen molar-refractivity contribution < 1.29 is 24.5 Å². The molecule has 0 fully saturated rings. The molecular formula is C57H109NO5. The van der Waals surface area contributed by atoms with Crippen molar-refractivity contribution in [1.82, 2.24) is 5.32 Å². The van der Waals surface area contributed by atoms with Gasteiger partial charge in [0.25, 0.3) is 0 Å². The van der Waals surface area contributed by atoms with Gasteiger partial charge in [0.15, 0.2) is 0 Å². The van der Waals surface area contributed by atoms with Crippen LogP contribution in [-0.4, -0.2) is 47.4 Å². The summed E-state index contributed by atoms with van der Waals surface area (Å²) in [7, 11) is 0. The van der Waals surface area contributed by atoms with Crippen LogP contribution in [0.4, 0.5) is 0 Å². The molecule has 0 aliphatic carbocycles. The molecule has 2 atom stereocenters. The molecule has 63 heavy (non-hydrogen) atoms. The summed E-state index contributed by atoms with van der Waals surface area (Å²) >= 11 is 0. The number of esters is 1. The third-order valence-electron chi connectivity index (χ3n) is 13.0. The quantitative estimate of drug-likeness (QED) is 0.0321. The maximum atomic E-state index is 12.5. The second-order valence-corrected chi connectivity index (χ2v) is 19.3. The average molecular weight is 889 g/mol. The van der Waals surface area contributed by atoms with Crippen molar-refractivity contribution in [3.8, 4) is 0 Å². The number of nitrogens with one attached hydrogen (secondary N) is 1. The van der Waals surface area contributed by atoms with Crippen LogP contribution in [0.1, 0.15) is 303 Å². The predicted octanol–water partition coefficient (Wildman–Crippen LogP) is 17.1. The van der Waals surface area contributed by atoms with Gasteiger partial charge >= 0.3 is 5.97 Å². The summed E-state index contributed by atoms with van der Waals surface area (Å²) in [5.41, 5.74) is 0. The zero-order chi connectivity index (χ0) is 45.8. The predicted molar refractivity (Wildman–Crippen MR) is 273 cm³/mol. The van der Waals surface area contributed by atoms with Crippen molar-refractivity contribution in [3.05, 3.63) is 24.3 Å². The number of allylic oxidation sites excluding steroid dienone is 4. The Labute approximate surface area is 392 Å². The summed E-state index contributed by atoms with van der Waals surface area (Å²) in [4.78, 5) is 24.5. The minimum Gasteiger partial charge on any atom is -0.466 e. The molecule has 0 aliphatic heterocycles. The molecule has 0 saturated carbocycles. The van der Waals surface area contributed by atoms with E-state index < -0.39 is 12.1 Å². The largest absolute Gasteiger partial charge is 0.466 e. The number of ether oxygens (including phenoxy) is 1. The number of aliphatic hydroxyl groups excluding tert-OH is 2. The zero-order valence-corrected chi connectivity index (χ0v) is 42.3. The molecule has 372 valence electrons. The van der Waals surface area contributed by atoms with E-state index in [9.17, 15) is 19.8 Å². The van der Waals surface area contributed by atoms with Gasteiger partial charge in [-0.05, 0) is 77.0 Å². The lowest BCUT2D eigenvalue weighted by atomic mass is 10.0. The third kappa shape index (κ3) is 49.6. The molecular weight excluding hydrogens is 779 g/mol. The minimum absolute atomic E-state index is 0.0391. The maximum Gasteiger partial charge on any atom is 0.305 e. The monoisotopic (exact) mass is 888 g/mol. The Bertz CT molecular complexity index is 982. The summed E-state index contributed by atoms with van der Waals surface area (Å²) < 4.78 is 5.43. The second-order valence-electron chi connectivity index (χ2n) is 19.3. The summed E-state index contributed by atoms with van der Waals surface area (Å²) in [6.45, 7) is 4.88. The van der Waals surface area contributed by atoms with Gasteiger partial charge in [0, 0.05) is 12.8 Å². The van der Waals surface area contributed by atoms with E-state index in [0.717, 1.165) is 83.5 Å². The summed E-state index contributed by atoms with van der Waals surface area (Å²) in [6.07, 6.45) is 63.1. The van der Waals surface area contributed by atoms with Gasteiger partial charge < -0.3 is 20.3 Å². The fraction of sp³-hybridized carbons (Fsp3) is 0.895. The van der Waals surface area contributed by atoms with Gasteiger partial charge in [-0.25, -0.2) is 0 Å². The van der Waals surface area contributed by atoms with Crippen LogP contribution < -0.4 is 5.32 Å². The molecule has 0 aromatic carbocycles. The van der Waals surface area contributed by atoms with Crippen molar-refractivity contribution in [2.75, 3.05) is 13.2 Å². The Kier molecular flexibility index (Phi) is 51.6. The van der Waals surface area contributed by atoms with E-state index in [1.165, 1.54) is 186 Å². The maximum absolute atomic E-state index is 12.5. The Balaban J connectivity index is 3.51. The molecule has 0 rings (SSSR count).